The molecule has 0 aliphatic heterocycles. The summed E-state index contributed by atoms with van der Waals surface area (Å²) in [5.74, 6) is -1.67. The molecule has 2 amide bonds. The highest BCUT2D eigenvalue weighted by molar-refractivity contribution is 5.87. The van der Waals surface area contributed by atoms with E-state index >= 15 is 0 Å². The smallest absolute Gasteiger partial charge is 0.326 e. The molecule has 0 unspecified atom stereocenters. The van der Waals surface area contributed by atoms with Gasteiger partial charge in [0.2, 0.25) is 11.8 Å². The van der Waals surface area contributed by atoms with Gasteiger partial charge in [0, 0.05) is 12.8 Å². The Bertz CT molecular complexity index is 574. The summed E-state index contributed by atoms with van der Waals surface area (Å²) in [7, 11) is 0. The topological polar surface area (TPSA) is 95.5 Å². The fourth-order valence-corrected chi connectivity index (χ4v) is 2.66. The summed E-state index contributed by atoms with van der Waals surface area (Å²) >= 11 is 0. The van der Waals surface area contributed by atoms with Gasteiger partial charge in [-0.25, -0.2) is 4.79 Å². The molecule has 0 fully saturated rings. The number of benzene rings is 1. The minimum atomic E-state index is -1.03. The number of amides is 2. The summed E-state index contributed by atoms with van der Waals surface area (Å²) in [6.07, 6.45) is 4.27. The number of nitrogens with one attached hydrogen (secondary N) is 2. The Morgan fingerprint density at radius 1 is 0.962 bits per heavy atom. The third-order valence-corrected chi connectivity index (χ3v) is 4.24. The highest BCUT2D eigenvalue weighted by Crippen LogP contribution is 2.11. The monoisotopic (exact) mass is 362 g/mol. The van der Waals surface area contributed by atoms with Crippen LogP contribution >= 0.6 is 0 Å². The van der Waals surface area contributed by atoms with E-state index in [-0.39, 0.29) is 24.8 Å². The number of aliphatic carboxylic acids is 1. The van der Waals surface area contributed by atoms with Gasteiger partial charge in [0.15, 0.2) is 0 Å². The SMILES string of the molecule is CCCCCC[C@@H](NC(=O)CCC(=O)N[C@H](C)c1ccccc1)C(=O)O. The van der Waals surface area contributed by atoms with Crippen LogP contribution in [0, 0.1) is 0 Å². The van der Waals surface area contributed by atoms with E-state index in [0.29, 0.717) is 6.42 Å². The largest absolute Gasteiger partial charge is 0.480 e. The first-order chi connectivity index (χ1) is 12.4. The van der Waals surface area contributed by atoms with Crippen molar-refractivity contribution in [2.75, 3.05) is 0 Å². The molecule has 6 heteroatoms. The van der Waals surface area contributed by atoms with Crippen LogP contribution in [0.3, 0.4) is 0 Å². The van der Waals surface area contributed by atoms with Crippen molar-refractivity contribution in [3.63, 3.8) is 0 Å². The molecule has 0 aliphatic carbocycles. The Hall–Kier alpha value is -2.37. The van der Waals surface area contributed by atoms with E-state index in [4.69, 9.17) is 0 Å². The summed E-state index contributed by atoms with van der Waals surface area (Å²) in [4.78, 5) is 35.2. The molecule has 6 nitrogen and oxygen atoms in total. The lowest BCUT2D eigenvalue weighted by Crippen LogP contribution is -2.41. The molecule has 0 saturated heterocycles. The number of unbranched alkanes of at least 4 members (excludes halogenated alkanes) is 3. The predicted molar refractivity (Wildman–Crippen MR) is 101 cm³/mol. The zero-order valence-corrected chi connectivity index (χ0v) is 15.7. The van der Waals surface area contributed by atoms with E-state index in [2.05, 4.69) is 17.6 Å². The van der Waals surface area contributed by atoms with Gasteiger partial charge < -0.3 is 15.7 Å². The van der Waals surface area contributed by atoms with Crippen LogP contribution in [-0.2, 0) is 14.4 Å². The van der Waals surface area contributed by atoms with Gasteiger partial charge in [-0.05, 0) is 18.9 Å². The summed E-state index contributed by atoms with van der Waals surface area (Å²) in [6.45, 7) is 3.96. The second kappa shape index (κ2) is 12.1. The molecule has 0 bridgehead atoms. The molecule has 0 aliphatic rings. The molecule has 3 N–H and O–H groups in total. The summed E-state index contributed by atoms with van der Waals surface area (Å²) < 4.78 is 0. The third-order valence-electron chi connectivity index (χ3n) is 4.24. The fraction of sp³-hybridized carbons (Fsp3) is 0.550. The first-order valence-corrected chi connectivity index (χ1v) is 9.30. The fourth-order valence-electron chi connectivity index (χ4n) is 2.66. The van der Waals surface area contributed by atoms with Crippen LogP contribution in [0.2, 0.25) is 0 Å². The summed E-state index contributed by atoms with van der Waals surface area (Å²) in [5.41, 5.74) is 0.989. The molecule has 1 aromatic carbocycles. The second-order valence-electron chi connectivity index (χ2n) is 6.51. The molecule has 0 radical (unpaired) electrons. The lowest BCUT2D eigenvalue weighted by molar-refractivity contribution is -0.142. The number of carbonyl (C=O) groups excluding carboxylic acids is 2. The zero-order valence-electron chi connectivity index (χ0n) is 15.7. The highest BCUT2D eigenvalue weighted by atomic mass is 16.4. The number of rotatable bonds is 12. The van der Waals surface area contributed by atoms with Crippen LogP contribution in [0.5, 0.6) is 0 Å². The van der Waals surface area contributed by atoms with E-state index in [9.17, 15) is 19.5 Å². The maximum absolute atomic E-state index is 12.0. The van der Waals surface area contributed by atoms with Gasteiger partial charge in [-0.3, -0.25) is 9.59 Å². The van der Waals surface area contributed by atoms with Crippen LogP contribution in [-0.4, -0.2) is 28.9 Å². The van der Waals surface area contributed by atoms with Crippen LogP contribution in [0.25, 0.3) is 0 Å². The summed E-state index contributed by atoms with van der Waals surface area (Å²) in [5, 5.41) is 14.6. The second-order valence-corrected chi connectivity index (χ2v) is 6.51. The van der Waals surface area contributed by atoms with Gasteiger partial charge >= 0.3 is 5.97 Å². The quantitative estimate of drug-likeness (QED) is 0.498. The summed E-state index contributed by atoms with van der Waals surface area (Å²) in [6, 6.07) is 8.53. The van der Waals surface area contributed by atoms with E-state index in [0.717, 1.165) is 31.2 Å². The van der Waals surface area contributed by atoms with E-state index in [1.807, 2.05) is 37.3 Å². The van der Waals surface area contributed by atoms with E-state index in [1.54, 1.807) is 0 Å². The standard InChI is InChI=1S/C20H30N2O4/c1-3-4-5-9-12-17(20(25)26)22-19(24)14-13-18(23)21-15(2)16-10-7-6-8-11-16/h6-8,10-11,15,17H,3-5,9,12-14H2,1-2H3,(H,21,23)(H,22,24)(H,25,26)/t15-,17-/m1/s1. The number of hydrogen-bond donors (Lipinski definition) is 3. The Kier molecular flexibility index (Phi) is 10.1. The molecule has 1 aromatic rings. The van der Waals surface area contributed by atoms with Crippen molar-refractivity contribution in [2.45, 2.75) is 70.9 Å². The van der Waals surface area contributed by atoms with Crippen LogP contribution in [0.15, 0.2) is 30.3 Å². The van der Waals surface area contributed by atoms with Crippen molar-refractivity contribution < 1.29 is 19.5 Å². The molecule has 26 heavy (non-hydrogen) atoms. The van der Waals surface area contributed by atoms with Crippen molar-refractivity contribution in [3.05, 3.63) is 35.9 Å². The van der Waals surface area contributed by atoms with E-state index < -0.39 is 17.9 Å². The Morgan fingerprint density at radius 2 is 1.58 bits per heavy atom. The maximum atomic E-state index is 12.0. The Balaban J connectivity index is 2.34. The van der Waals surface area contributed by atoms with Crippen molar-refractivity contribution >= 4 is 17.8 Å². The van der Waals surface area contributed by atoms with Gasteiger partial charge in [0.25, 0.3) is 0 Å². The highest BCUT2D eigenvalue weighted by Gasteiger charge is 2.20. The lowest BCUT2D eigenvalue weighted by Gasteiger charge is -2.16. The van der Waals surface area contributed by atoms with Crippen molar-refractivity contribution in [1.29, 1.82) is 0 Å². The Morgan fingerprint density at radius 3 is 2.15 bits per heavy atom. The number of carbonyl (C=O) groups is 3. The maximum Gasteiger partial charge on any atom is 0.326 e. The molecular formula is C20H30N2O4. The third kappa shape index (κ3) is 8.65. The van der Waals surface area contributed by atoms with Crippen LogP contribution < -0.4 is 10.6 Å². The Labute approximate surface area is 155 Å². The predicted octanol–water partition coefficient (Wildman–Crippen LogP) is 3.18. The minimum absolute atomic E-state index is 0.0217. The first-order valence-electron chi connectivity index (χ1n) is 9.30. The van der Waals surface area contributed by atoms with Gasteiger partial charge in [-0.1, -0.05) is 62.9 Å². The first kappa shape index (κ1) is 21.7. The molecule has 2 atom stereocenters. The molecule has 0 aromatic heterocycles. The number of carboxylic acid groups (broad SMARTS) is 1. The van der Waals surface area contributed by atoms with Gasteiger partial charge in [0.05, 0.1) is 6.04 Å². The van der Waals surface area contributed by atoms with Gasteiger partial charge in [-0.15, -0.1) is 0 Å². The van der Waals surface area contributed by atoms with Crippen molar-refractivity contribution in [3.8, 4) is 0 Å². The van der Waals surface area contributed by atoms with Gasteiger partial charge in [-0.2, -0.15) is 0 Å². The van der Waals surface area contributed by atoms with Crippen molar-refractivity contribution in [2.24, 2.45) is 0 Å². The number of hydrogen-bond acceptors (Lipinski definition) is 3. The zero-order chi connectivity index (χ0) is 19.4. The molecule has 1 rings (SSSR count). The lowest BCUT2D eigenvalue weighted by atomic mass is 10.1. The molecule has 0 heterocycles. The minimum Gasteiger partial charge on any atom is -0.480 e. The normalized spacial score (nSPS) is 12.8. The van der Waals surface area contributed by atoms with Crippen molar-refractivity contribution in [1.82, 2.24) is 10.6 Å². The number of carboxylic acids is 1. The molecule has 0 saturated carbocycles. The van der Waals surface area contributed by atoms with Gasteiger partial charge in [0.1, 0.15) is 6.04 Å². The van der Waals surface area contributed by atoms with Crippen LogP contribution in [0.1, 0.15) is 70.4 Å². The van der Waals surface area contributed by atoms with Crippen LogP contribution in [0.4, 0.5) is 0 Å². The van der Waals surface area contributed by atoms with E-state index in [1.165, 1.54) is 0 Å². The molecule has 144 valence electrons. The molecule has 0 spiro atoms. The average molecular weight is 362 g/mol. The average Bonchev–Trinajstić information content (AvgIpc) is 2.63. The molecular weight excluding hydrogens is 332 g/mol.